The second kappa shape index (κ2) is 5.44. The van der Waals surface area contributed by atoms with Crippen LogP contribution in [0.5, 0.6) is 0 Å². The Morgan fingerprint density at radius 1 is 1.33 bits per heavy atom. The molecule has 0 saturated heterocycles. The van der Waals surface area contributed by atoms with E-state index in [0.717, 1.165) is 29.6 Å². The van der Waals surface area contributed by atoms with E-state index in [1.54, 1.807) is 24.7 Å². The van der Waals surface area contributed by atoms with Crippen molar-refractivity contribution in [3.05, 3.63) is 41.1 Å². The fourth-order valence-corrected chi connectivity index (χ4v) is 2.77. The van der Waals surface area contributed by atoms with E-state index in [-0.39, 0.29) is 0 Å². The Kier molecular flexibility index (Phi) is 3.99. The first-order valence-electron chi connectivity index (χ1n) is 5.81. The molecular formula is C13H11F3N2O2S. The molecule has 0 fully saturated rings. The fourth-order valence-electron chi connectivity index (χ4n) is 1.81. The van der Waals surface area contributed by atoms with Gasteiger partial charge in [0.25, 0.3) is 0 Å². The van der Waals surface area contributed by atoms with Gasteiger partial charge in [-0.1, -0.05) is 11.8 Å². The summed E-state index contributed by atoms with van der Waals surface area (Å²) in [4.78, 5) is 11.4. The standard InChI is InChI=1S/C13H11F3N2O2S/c1-7-5-11(18(2)17-7)21-8-3-4-10(13(14,15)16)9(6-8)12(19)20/h3-6H,1-2H3,(H,19,20). The molecule has 0 saturated carbocycles. The van der Waals surface area contributed by atoms with E-state index in [1.165, 1.54) is 6.07 Å². The molecule has 1 aromatic carbocycles. The van der Waals surface area contributed by atoms with Gasteiger partial charge in [0.15, 0.2) is 0 Å². The summed E-state index contributed by atoms with van der Waals surface area (Å²) in [5, 5.41) is 13.8. The Morgan fingerprint density at radius 2 is 2.00 bits per heavy atom. The first-order valence-corrected chi connectivity index (χ1v) is 6.63. The Bertz CT molecular complexity index is 695. The van der Waals surface area contributed by atoms with Crippen LogP contribution in [0.15, 0.2) is 34.2 Å². The minimum atomic E-state index is -4.69. The van der Waals surface area contributed by atoms with Crippen LogP contribution in [0.1, 0.15) is 21.6 Å². The molecule has 0 radical (unpaired) electrons. The Morgan fingerprint density at radius 3 is 2.48 bits per heavy atom. The zero-order valence-corrected chi connectivity index (χ0v) is 11.9. The minimum Gasteiger partial charge on any atom is -0.478 e. The van der Waals surface area contributed by atoms with Crippen LogP contribution >= 0.6 is 11.8 Å². The number of nitrogens with zero attached hydrogens (tertiary/aromatic N) is 2. The number of aromatic carboxylic acids is 1. The van der Waals surface area contributed by atoms with Crippen LogP contribution in [-0.2, 0) is 13.2 Å². The monoisotopic (exact) mass is 316 g/mol. The predicted molar refractivity (Wildman–Crippen MR) is 70.5 cm³/mol. The van der Waals surface area contributed by atoms with E-state index in [4.69, 9.17) is 5.11 Å². The number of carbonyl (C=O) groups is 1. The number of rotatable bonds is 3. The number of alkyl halides is 3. The maximum Gasteiger partial charge on any atom is 0.417 e. The van der Waals surface area contributed by atoms with Crippen LogP contribution in [-0.4, -0.2) is 20.9 Å². The fraction of sp³-hybridized carbons (Fsp3) is 0.231. The van der Waals surface area contributed by atoms with Crippen LogP contribution in [0.2, 0.25) is 0 Å². The summed E-state index contributed by atoms with van der Waals surface area (Å²) in [6.45, 7) is 1.79. The molecule has 1 aromatic heterocycles. The molecule has 112 valence electrons. The van der Waals surface area contributed by atoms with Gasteiger partial charge in [0.1, 0.15) is 0 Å². The molecule has 2 rings (SSSR count). The number of hydrogen-bond acceptors (Lipinski definition) is 3. The number of aromatic nitrogens is 2. The van der Waals surface area contributed by atoms with Gasteiger partial charge in [-0.15, -0.1) is 0 Å². The van der Waals surface area contributed by atoms with Gasteiger partial charge in [-0.2, -0.15) is 18.3 Å². The molecule has 1 N–H and O–H groups in total. The van der Waals surface area contributed by atoms with Gasteiger partial charge in [0.2, 0.25) is 0 Å². The maximum absolute atomic E-state index is 12.8. The van der Waals surface area contributed by atoms with E-state index in [1.807, 2.05) is 0 Å². The van der Waals surface area contributed by atoms with Crippen molar-refractivity contribution in [3.63, 3.8) is 0 Å². The molecule has 0 amide bonds. The molecule has 1 heterocycles. The largest absolute Gasteiger partial charge is 0.478 e. The van der Waals surface area contributed by atoms with E-state index in [9.17, 15) is 18.0 Å². The van der Waals surface area contributed by atoms with Crippen LogP contribution in [0.3, 0.4) is 0 Å². The van der Waals surface area contributed by atoms with Crippen molar-refractivity contribution >= 4 is 17.7 Å². The lowest BCUT2D eigenvalue weighted by atomic mass is 10.1. The molecule has 0 aliphatic heterocycles. The Labute approximate surface area is 122 Å². The Balaban J connectivity index is 2.41. The van der Waals surface area contributed by atoms with Crippen molar-refractivity contribution in [2.24, 2.45) is 7.05 Å². The SMILES string of the molecule is Cc1cc(Sc2ccc(C(F)(F)F)c(C(=O)O)c2)n(C)n1. The molecule has 8 heteroatoms. The summed E-state index contributed by atoms with van der Waals surface area (Å²) >= 11 is 1.16. The van der Waals surface area contributed by atoms with Crippen LogP contribution in [0.4, 0.5) is 13.2 Å². The highest BCUT2D eigenvalue weighted by atomic mass is 32.2. The predicted octanol–water partition coefficient (Wildman–Crippen LogP) is 3.60. The van der Waals surface area contributed by atoms with Gasteiger partial charge < -0.3 is 5.11 Å². The average Bonchev–Trinajstić information content (AvgIpc) is 2.66. The highest BCUT2D eigenvalue weighted by molar-refractivity contribution is 7.99. The number of carboxylic acid groups (broad SMARTS) is 1. The molecule has 0 atom stereocenters. The number of halogens is 3. The second-order valence-corrected chi connectivity index (χ2v) is 5.45. The summed E-state index contributed by atoms with van der Waals surface area (Å²) < 4.78 is 39.8. The van der Waals surface area contributed by atoms with Crippen LogP contribution in [0, 0.1) is 6.92 Å². The lowest BCUT2D eigenvalue weighted by Gasteiger charge is -2.11. The third-order valence-corrected chi connectivity index (χ3v) is 3.79. The summed E-state index contributed by atoms with van der Waals surface area (Å²) in [6.07, 6.45) is -4.69. The van der Waals surface area contributed by atoms with E-state index < -0.39 is 23.3 Å². The summed E-state index contributed by atoms with van der Waals surface area (Å²) in [5.41, 5.74) is -1.14. The first kappa shape index (κ1) is 15.4. The van der Waals surface area contributed by atoms with Gasteiger partial charge in [-0.3, -0.25) is 4.68 Å². The Hall–Kier alpha value is -1.96. The van der Waals surface area contributed by atoms with Gasteiger partial charge in [0, 0.05) is 11.9 Å². The molecule has 0 aliphatic rings. The quantitative estimate of drug-likeness (QED) is 0.940. The molecule has 21 heavy (non-hydrogen) atoms. The minimum absolute atomic E-state index is 0.406. The van der Waals surface area contributed by atoms with Crippen molar-refractivity contribution < 1.29 is 23.1 Å². The lowest BCUT2D eigenvalue weighted by Crippen LogP contribution is -2.12. The maximum atomic E-state index is 12.8. The van der Waals surface area contributed by atoms with Gasteiger partial charge in [-0.25, -0.2) is 4.79 Å². The van der Waals surface area contributed by atoms with E-state index >= 15 is 0 Å². The molecule has 4 nitrogen and oxygen atoms in total. The highest BCUT2D eigenvalue weighted by Gasteiger charge is 2.35. The summed E-state index contributed by atoms with van der Waals surface area (Å²) in [7, 11) is 1.71. The normalized spacial score (nSPS) is 11.7. The second-order valence-electron chi connectivity index (χ2n) is 4.36. The molecule has 0 spiro atoms. The first-order chi connectivity index (χ1) is 9.68. The van der Waals surface area contributed by atoms with Crippen molar-refractivity contribution in [1.82, 2.24) is 9.78 Å². The van der Waals surface area contributed by atoms with Crippen LogP contribution < -0.4 is 0 Å². The van der Waals surface area contributed by atoms with Crippen molar-refractivity contribution in [2.75, 3.05) is 0 Å². The number of benzene rings is 1. The van der Waals surface area contributed by atoms with Crippen LogP contribution in [0.25, 0.3) is 0 Å². The topological polar surface area (TPSA) is 55.1 Å². The van der Waals surface area contributed by atoms with Gasteiger partial charge in [0.05, 0.1) is 21.8 Å². The molecule has 0 unspecified atom stereocenters. The number of carboxylic acids is 1. The zero-order chi connectivity index (χ0) is 15.8. The van der Waals surface area contributed by atoms with E-state index in [2.05, 4.69) is 5.10 Å². The summed E-state index contributed by atoms with van der Waals surface area (Å²) in [6, 6.07) is 4.83. The van der Waals surface area contributed by atoms with Crippen molar-refractivity contribution in [3.8, 4) is 0 Å². The molecule has 2 aromatic rings. The molecular weight excluding hydrogens is 305 g/mol. The molecule has 0 bridgehead atoms. The van der Waals surface area contributed by atoms with Gasteiger partial charge >= 0.3 is 12.1 Å². The van der Waals surface area contributed by atoms with Gasteiger partial charge in [-0.05, 0) is 31.2 Å². The average molecular weight is 316 g/mol. The smallest absolute Gasteiger partial charge is 0.417 e. The highest BCUT2D eigenvalue weighted by Crippen LogP contribution is 2.36. The van der Waals surface area contributed by atoms with Crippen molar-refractivity contribution in [1.29, 1.82) is 0 Å². The lowest BCUT2D eigenvalue weighted by molar-refractivity contribution is -0.138. The van der Waals surface area contributed by atoms with E-state index in [0.29, 0.717) is 9.92 Å². The third-order valence-electron chi connectivity index (χ3n) is 2.71. The number of aryl methyl sites for hydroxylation is 2. The number of hydrogen-bond donors (Lipinski definition) is 1. The van der Waals surface area contributed by atoms with Crippen molar-refractivity contribution in [2.45, 2.75) is 23.0 Å². The zero-order valence-electron chi connectivity index (χ0n) is 11.1. The molecule has 0 aliphatic carbocycles. The third kappa shape index (κ3) is 3.38. The summed E-state index contributed by atoms with van der Waals surface area (Å²) in [5.74, 6) is -1.61.